The average Bonchev–Trinajstić information content (AvgIpc) is 2.22. The molecule has 1 heterocycles. The lowest BCUT2D eigenvalue weighted by Gasteiger charge is -2.40. The second-order valence-corrected chi connectivity index (χ2v) is 5.23. The van der Waals surface area contributed by atoms with Crippen molar-refractivity contribution < 1.29 is 9.47 Å². The van der Waals surface area contributed by atoms with Gasteiger partial charge < -0.3 is 9.47 Å². The zero-order valence-corrected chi connectivity index (χ0v) is 10.4. The standard InChI is InChI=1S/C14H22O2/c1-3-14(10-16-11-14)9-15-8-13-6-4-5-12(2)7-13/h4-6,12H,3,7-11H2,1-2H3. The maximum atomic E-state index is 5.84. The van der Waals surface area contributed by atoms with E-state index in [9.17, 15) is 0 Å². The Bertz CT molecular complexity index is 282. The molecule has 2 rings (SSSR count). The highest BCUT2D eigenvalue weighted by atomic mass is 16.5. The minimum atomic E-state index is 0.316. The molecular weight excluding hydrogens is 200 g/mol. The molecule has 0 aromatic rings. The van der Waals surface area contributed by atoms with Crippen LogP contribution in [-0.2, 0) is 9.47 Å². The van der Waals surface area contributed by atoms with E-state index in [0.717, 1.165) is 39.3 Å². The largest absolute Gasteiger partial charge is 0.380 e. The SMILES string of the molecule is CCC1(COCC2=CC=CC(C)C2)COC1. The van der Waals surface area contributed by atoms with Gasteiger partial charge in [0.1, 0.15) is 0 Å². The first-order valence-electron chi connectivity index (χ1n) is 6.26. The fourth-order valence-corrected chi connectivity index (χ4v) is 2.22. The van der Waals surface area contributed by atoms with Crippen molar-refractivity contribution in [2.24, 2.45) is 11.3 Å². The second kappa shape index (κ2) is 5.15. The van der Waals surface area contributed by atoms with Crippen LogP contribution in [0.25, 0.3) is 0 Å². The van der Waals surface area contributed by atoms with Crippen molar-refractivity contribution in [2.75, 3.05) is 26.4 Å². The molecule has 90 valence electrons. The summed E-state index contributed by atoms with van der Waals surface area (Å²) in [5.41, 5.74) is 1.73. The van der Waals surface area contributed by atoms with Crippen molar-refractivity contribution in [1.29, 1.82) is 0 Å². The molecule has 0 amide bonds. The molecule has 1 atom stereocenters. The lowest BCUT2D eigenvalue weighted by atomic mass is 9.84. The Kier molecular flexibility index (Phi) is 3.82. The Morgan fingerprint density at radius 2 is 2.31 bits per heavy atom. The van der Waals surface area contributed by atoms with E-state index in [0.29, 0.717) is 11.3 Å². The van der Waals surface area contributed by atoms with E-state index < -0.39 is 0 Å². The van der Waals surface area contributed by atoms with E-state index in [2.05, 4.69) is 32.1 Å². The van der Waals surface area contributed by atoms with Gasteiger partial charge >= 0.3 is 0 Å². The molecule has 1 unspecified atom stereocenters. The van der Waals surface area contributed by atoms with E-state index in [4.69, 9.17) is 9.47 Å². The van der Waals surface area contributed by atoms with Crippen LogP contribution in [-0.4, -0.2) is 26.4 Å². The molecule has 1 saturated heterocycles. The van der Waals surface area contributed by atoms with Crippen LogP contribution in [0.2, 0.25) is 0 Å². The molecule has 0 N–H and O–H groups in total. The molecule has 0 bridgehead atoms. The third-order valence-corrected chi connectivity index (χ3v) is 3.62. The highest BCUT2D eigenvalue weighted by Crippen LogP contribution is 2.31. The highest BCUT2D eigenvalue weighted by Gasteiger charge is 2.36. The summed E-state index contributed by atoms with van der Waals surface area (Å²) < 4.78 is 11.1. The van der Waals surface area contributed by atoms with E-state index in [1.54, 1.807) is 0 Å². The molecule has 0 spiro atoms. The van der Waals surface area contributed by atoms with Gasteiger partial charge in [-0.05, 0) is 24.3 Å². The minimum absolute atomic E-state index is 0.316. The Hall–Kier alpha value is -0.600. The van der Waals surface area contributed by atoms with E-state index in [1.807, 2.05) is 0 Å². The molecule has 2 nitrogen and oxygen atoms in total. The predicted octanol–water partition coefficient (Wildman–Crippen LogP) is 2.95. The molecule has 2 heteroatoms. The molecule has 0 saturated carbocycles. The smallest absolute Gasteiger partial charge is 0.0680 e. The lowest BCUT2D eigenvalue weighted by Crippen LogP contribution is -2.45. The first kappa shape index (κ1) is 11.9. The summed E-state index contributed by atoms with van der Waals surface area (Å²) in [7, 11) is 0. The van der Waals surface area contributed by atoms with Crippen LogP contribution in [0.15, 0.2) is 23.8 Å². The van der Waals surface area contributed by atoms with E-state index >= 15 is 0 Å². The number of rotatable bonds is 5. The summed E-state index contributed by atoms with van der Waals surface area (Å²) in [4.78, 5) is 0. The summed E-state index contributed by atoms with van der Waals surface area (Å²) in [6.45, 7) is 7.85. The van der Waals surface area contributed by atoms with Gasteiger partial charge in [0.25, 0.3) is 0 Å². The van der Waals surface area contributed by atoms with Crippen LogP contribution in [0.3, 0.4) is 0 Å². The van der Waals surface area contributed by atoms with Crippen LogP contribution in [0.5, 0.6) is 0 Å². The lowest BCUT2D eigenvalue weighted by molar-refractivity contribution is -0.148. The van der Waals surface area contributed by atoms with E-state index in [-0.39, 0.29) is 0 Å². The monoisotopic (exact) mass is 222 g/mol. The van der Waals surface area contributed by atoms with Crippen molar-refractivity contribution in [3.63, 3.8) is 0 Å². The van der Waals surface area contributed by atoms with Crippen LogP contribution in [0.1, 0.15) is 26.7 Å². The van der Waals surface area contributed by atoms with Gasteiger partial charge in [-0.15, -0.1) is 0 Å². The van der Waals surface area contributed by atoms with Gasteiger partial charge in [-0.3, -0.25) is 0 Å². The molecule has 0 aromatic carbocycles. The van der Waals surface area contributed by atoms with Gasteiger partial charge in [-0.2, -0.15) is 0 Å². The Morgan fingerprint density at radius 1 is 1.50 bits per heavy atom. The van der Waals surface area contributed by atoms with E-state index in [1.165, 1.54) is 5.57 Å². The molecule has 0 aromatic heterocycles. The maximum absolute atomic E-state index is 5.84. The first-order chi connectivity index (χ1) is 7.74. The summed E-state index contributed by atoms with van der Waals surface area (Å²) >= 11 is 0. The Balaban J connectivity index is 1.72. The maximum Gasteiger partial charge on any atom is 0.0680 e. The summed E-state index contributed by atoms with van der Waals surface area (Å²) in [6, 6.07) is 0. The van der Waals surface area contributed by atoms with Gasteiger partial charge in [-0.1, -0.05) is 32.1 Å². The number of allylic oxidation sites excluding steroid dienone is 3. The predicted molar refractivity (Wildman–Crippen MR) is 65.4 cm³/mol. The quantitative estimate of drug-likeness (QED) is 0.712. The van der Waals surface area contributed by atoms with Crippen LogP contribution >= 0.6 is 0 Å². The van der Waals surface area contributed by atoms with Crippen LogP contribution in [0.4, 0.5) is 0 Å². The van der Waals surface area contributed by atoms with Crippen LogP contribution < -0.4 is 0 Å². The minimum Gasteiger partial charge on any atom is -0.380 e. The van der Waals surface area contributed by atoms with Crippen molar-refractivity contribution in [3.05, 3.63) is 23.8 Å². The fourth-order valence-electron chi connectivity index (χ4n) is 2.22. The summed E-state index contributed by atoms with van der Waals surface area (Å²) in [5.74, 6) is 0.663. The first-order valence-corrected chi connectivity index (χ1v) is 6.26. The molecule has 1 fully saturated rings. The highest BCUT2D eigenvalue weighted by molar-refractivity contribution is 5.19. The normalized spacial score (nSPS) is 27.4. The molecule has 2 aliphatic rings. The molecule has 1 aliphatic carbocycles. The summed E-state index contributed by atoms with van der Waals surface area (Å²) in [6.07, 6.45) is 8.89. The number of hydrogen-bond acceptors (Lipinski definition) is 2. The zero-order chi connectivity index (χ0) is 11.4. The van der Waals surface area contributed by atoms with Crippen molar-refractivity contribution in [2.45, 2.75) is 26.7 Å². The van der Waals surface area contributed by atoms with Gasteiger partial charge in [-0.25, -0.2) is 0 Å². The van der Waals surface area contributed by atoms with Gasteiger partial charge in [0.05, 0.1) is 26.4 Å². The molecule has 16 heavy (non-hydrogen) atoms. The second-order valence-electron chi connectivity index (χ2n) is 5.23. The average molecular weight is 222 g/mol. The Morgan fingerprint density at radius 3 is 2.88 bits per heavy atom. The van der Waals surface area contributed by atoms with Crippen molar-refractivity contribution in [3.8, 4) is 0 Å². The molecular formula is C14H22O2. The van der Waals surface area contributed by atoms with Gasteiger partial charge in [0, 0.05) is 5.41 Å². The van der Waals surface area contributed by atoms with Crippen molar-refractivity contribution in [1.82, 2.24) is 0 Å². The summed E-state index contributed by atoms with van der Waals surface area (Å²) in [5, 5.41) is 0. The van der Waals surface area contributed by atoms with Gasteiger partial charge in [0.15, 0.2) is 0 Å². The van der Waals surface area contributed by atoms with Gasteiger partial charge in [0.2, 0.25) is 0 Å². The zero-order valence-electron chi connectivity index (χ0n) is 10.4. The molecule has 1 aliphatic heterocycles. The third-order valence-electron chi connectivity index (χ3n) is 3.62. The Labute approximate surface area is 98.3 Å². The fraction of sp³-hybridized carbons (Fsp3) is 0.714. The number of hydrogen-bond donors (Lipinski definition) is 0. The third kappa shape index (κ3) is 2.74. The number of ether oxygens (including phenoxy) is 2. The van der Waals surface area contributed by atoms with Crippen LogP contribution in [0, 0.1) is 11.3 Å². The topological polar surface area (TPSA) is 18.5 Å². The molecule has 0 radical (unpaired) electrons. The van der Waals surface area contributed by atoms with Crippen molar-refractivity contribution >= 4 is 0 Å².